The number of nitrogens with zero attached hydrogens (tertiary/aromatic N) is 3. The number of anilines is 2. The van der Waals surface area contributed by atoms with E-state index in [0.717, 1.165) is 0 Å². The molecule has 1 aliphatic rings. The van der Waals surface area contributed by atoms with Gasteiger partial charge in [-0.1, -0.05) is 11.6 Å². The molecule has 0 atom stereocenters. The average Bonchev–Trinajstić information content (AvgIpc) is 2.42. The number of aromatic nitrogens is 1. The van der Waals surface area contributed by atoms with Crippen molar-refractivity contribution in [1.29, 1.82) is 0 Å². The van der Waals surface area contributed by atoms with Crippen molar-refractivity contribution in [2.45, 2.75) is 11.8 Å². The van der Waals surface area contributed by atoms with Gasteiger partial charge in [0.05, 0.1) is 10.7 Å². The second kappa shape index (κ2) is 4.78. The van der Waals surface area contributed by atoms with Crippen molar-refractivity contribution >= 4 is 39.0 Å². The Hall–Kier alpha value is -1.99. The van der Waals surface area contributed by atoms with Crippen LogP contribution in [0.5, 0.6) is 0 Å². The summed E-state index contributed by atoms with van der Waals surface area (Å²) in [4.78, 5) is 5.62. The van der Waals surface area contributed by atoms with E-state index in [4.69, 9.17) is 11.6 Å². The number of hydrogen-bond donors (Lipinski definition) is 0. The van der Waals surface area contributed by atoms with Crippen molar-refractivity contribution in [1.82, 2.24) is 4.98 Å². The van der Waals surface area contributed by atoms with Gasteiger partial charge in [0, 0.05) is 6.20 Å². The van der Waals surface area contributed by atoms with Gasteiger partial charge in [-0.25, -0.2) is 9.37 Å². The van der Waals surface area contributed by atoms with E-state index in [1.54, 1.807) is 0 Å². The van der Waals surface area contributed by atoms with Gasteiger partial charge in [0.15, 0.2) is 5.82 Å². The Labute approximate surface area is 125 Å². The normalized spacial score (nSPS) is 16.3. The summed E-state index contributed by atoms with van der Waals surface area (Å²) in [6, 6.07) is 7.02. The minimum Gasteiger partial charge on any atom is -0.281 e. The second-order valence-electron chi connectivity index (χ2n) is 4.37. The standard InChI is InChI=1S/C13H9ClFN3O2S/c1-8-17-21(19,20)12-3-2-6-16-13(12)18(8)9-4-5-11(15)10(14)7-9/h2-7H,1H3. The van der Waals surface area contributed by atoms with Gasteiger partial charge in [-0.15, -0.1) is 4.40 Å². The van der Waals surface area contributed by atoms with Crippen LogP contribution in [0.15, 0.2) is 45.8 Å². The van der Waals surface area contributed by atoms with E-state index in [0.29, 0.717) is 5.69 Å². The molecule has 2 aromatic rings. The van der Waals surface area contributed by atoms with Gasteiger partial charge in [-0.2, -0.15) is 8.42 Å². The Bertz CT molecular complexity index is 867. The maximum atomic E-state index is 13.3. The van der Waals surface area contributed by atoms with Crippen molar-refractivity contribution in [3.8, 4) is 0 Å². The number of fused-ring (bicyclic) bond motifs is 1. The Kier molecular flexibility index (Phi) is 3.18. The van der Waals surface area contributed by atoms with Crippen LogP contribution in [0.2, 0.25) is 5.02 Å². The molecule has 0 fully saturated rings. The van der Waals surface area contributed by atoms with E-state index in [-0.39, 0.29) is 21.6 Å². The van der Waals surface area contributed by atoms with Crippen LogP contribution < -0.4 is 4.90 Å². The Morgan fingerprint density at radius 2 is 2.05 bits per heavy atom. The highest BCUT2D eigenvalue weighted by atomic mass is 35.5. The fourth-order valence-corrected chi connectivity index (χ4v) is 3.43. The van der Waals surface area contributed by atoms with Crippen molar-refractivity contribution in [2.24, 2.45) is 4.40 Å². The number of benzene rings is 1. The minimum absolute atomic E-state index is 0.00366. The number of rotatable bonds is 1. The fraction of sp³-hybridized carbons (Fsp3) is 0.0769. The number of amidine groups is 1. The van der Waals surface area contributed by atoms with Crippen molar-refractivity contribution in [2.75, 3.05) is 4.90 Å². The lowest BCUT2D eigenvalue weighted by molar-refractivity contribution is 0.596. The van der Waals surface area contributed by atoms with Crippen molar-refractivity contribution in [3.63, 3.8) is 0 Å². The molecule has 21 heavy (non-hydrogen) atoms. The van der Waals surface area contributed by atoms with E-state index in [1.165, 1.54) is 48.4 Å². The van der Waals surface area contributed by atoms with Gasteiger partial charge in [0.25, 0.3) is 10.0 Å². The zero-order chi connectivity index (χ0) is 15.2. The Morgan fingerprint density at radius 1 is 1.29 bits per heavy atom. The lowest BCUT2D eigenvalue weighted by atomic mass is 10.2. The zero-order valence-electron chi connectivity index (χ0n) is 10.8. The monoisotopic (exact) mass is 325 g/mol. The topological polar surface area (TPSA) is 62.6 Å². The maximum absolute atomic E-state index is 13.3. The van der Waals surface area contributed by atoms with Gasteiger partial charge in [-0.3, -0.25) is 4.90 Å². The predicted molar refractivity (Wildman–Crippen MR) is 78.1 cm³/mol. The first-order valence-corrected chi connectivity index (χ1v) is 7.74. The fourth-order valence-electron chi connectivity index (χ4n) is 2.10. The number of sulfonamides is 1. The molecular formula is C13H9ClFN3O2S. The van der Waals surface area contributed by atoms with E-state index in [2.05, 4.69) is 9.38 Å². The van der Waals surface area contributed by atoms with Crippen LogP contribution in [0.3, 0.4) is 0 Å². The summed E-state index contributed by atoms with van der Waals surface area (Å²) >= 11 is 5.78. The molecule has 1 aromatic heterocycles. The van der Waals surface area contributed by atoms with Crippen LogP contribution in [-0.4, -0.2) is 19.2 Å². The smallest absolute Gasteiger partial charge is 0.281 e. The lowest BCUT2D eigenvalue weighted by Gasteiger charge is -2.28. The molecule has 3 rings (SSSR count). The second-order valence-corrected chi connectivity index (χ2v) is 6.35. The number of halogens is 2. The van der Waals surface area contributed by atoms with E-state index < -0.39 is 15.8 Å². The first kappa shape index (κ1) is 14.0. The molecule has 0 amide bonds. The molecule has 0 aliphatic carbocycles. The molecule has 0 spiro atoms. The molecule has 0 bridgehead atoms. The van der Waals surface area contributed by atoms with Crippen LogP contribution in [0.25, 0.3) is 0 Å². The summed E-state index contributed by atoms with van der Waals surface area (Å²) in [6.07, 6.45) is 1.48. The van der Waals surface area contributed by atoms with Crippen molar-refractivity contribution in [3.05, 3.63) is 47.4 Å². The molecular weight excluding hydrogens is 317 g/mol. The third-order valence-corrected chi connectivity index (χ3v) is 4.65. The van der Waals surface area contributed by atoms with Crippen LogP contribution in [0, 0.1) is 5.82 Å². The predicted octanol–water partition coefficient (Wildman–Crippen LogP) is 3.13. The first-order chi connectivity index (χ1) is 9.90. The van der Waals surface area contributed by atoms with Gasteiger partial charge in [0.1, 0.15) is 16.5 Å². The van der Waals surface area contributed by atoms with Gasteiger partial charge < -0.3 is 0 Å². The number of pyridine rings is 1. The quantitative estimate of drug-likeness (QED) is 0.808. The molecule has 0 radical (unpaired) electrons. The average molecular weight is 326 g/mol. The summed E-state index contributed by atoms with van der Waals surface area (Å²) in [5, 5.41) is -0.0637. The molecule has 1 aromatic carbocycles. The summed E-state index contributed by atoms with van der Waals surface area (Å²) in [7, 11) is -3.77. The zero-order valence-corrected chi connectivity index (χ0v) is 12.4. The molecule has 1 aliphatic heterocycles. The molecule has 5 nitrogen and oxygen atoms in total. The van der Waals surface area contributed by atoms with E-state index in [1.807, 2.05) is 0 Å². The van der Waals surface area contributed by atoms with Crippen LogP contribution in [0.1, 0.15) is 6.92 Å². The van der Waals surface area contributed by atoms with E-state index >= 15 is 0 Å². The Morgan fingerprint density at radius 3 is 2.76 bits per heavy atom. The summed E-state index contributed by atoms with van der Waals surface area (Å²) in [6.45, 7) is 1.53. The van der Waals surface area contributed by atoms with Crippen molar-refractivity contribution < 1.29 is 12.8 Å². The summed E-state index contributed by atoms with van der Waals surface area (Å²) < 4.78 is 41.1. The van der Waals surface area contributed by atoms with Gasteiger partial charge >= 0.3 is 0 Å². The third kappa shape index (κ3) is 2.28. The summed E-state index contributed by atoms with van der Waals surface area (Å²) in [5.74, 6) is -0.127. The summed E-state index contributed by atoms with van der Waals surface area (Å²) in [5.41, 5.74) is 0.484. The third-order valence-electron chi connectivity index (χ3n) is 2.98. The highest BCUT2D eigenvalue weighted by molar-refractivity contribution is 7.90. The first-order valence-electron chi connectivity index (χ1n) is 5.92. The number of hydrogen-bond acceptors (Lipinski definition) is 4. The molecule has 108 valence electrons. The SMILES string of the molecule is CC1=NS(=O)(=O)c2cccnc2N1c1ccc(F)c(Cl)c1. The molecule has 8 heteroatoms. The molecule has 0 saturated heterocycles. The van der Waals surface area contributed by atoms with Crippen LogP contribution in [-0.2, 0) is 10.0 Å². The molecule has 0 N–H and O–H groups in total. The molecule has 2 heterocycles. The minimum atomic E-state index is -3.77. The highest BCUT2D eigenvalue weighted by Gasteiger charge is 2.31. The van der Waals surface area contributed by atoms with Crippen LogP contribution in [0.4, 0.5) is 15.9 Å². The largest absolute Gasteiger partial charge is 0.287 e. The molecule has 0 unspecified atom stereocenters. The highest BCUT2D eigenvalue weighted by Crippen LogP contribution is 2.35. The maximum Gasteiger partial charge on any atom is 0.287 e. The lowest BCUT2D eigenvalue weighted by Crippen LogP contribution is -2.30. The van der Waals surface area contributed by atoms with Crippen LogP contribution >= 0.6 is 11.6 Å². The van der Waals surface area contributed by atoms with Gasteiger partial charge in [-0.05, 0) is 37.3 Å². The van der Waals surface area contributed by atoms with Gasteiger partial charge in [0.2, 0.25) is 0 Å². The van der Waals surface area contributed by atoms with E-state index in [9.17, 15) is 12.8 Å². The Balaban J connectivity index is 2.25. The molecule has 0 saturated carbocycles.